The maximum atomic E-state index is 5.73. The highest BCUT2D eigenvalue weighted by Gasteiger charge is 2.27. The molecule has 1 fully saturated rings. The van der Waals surface area contributed by atoms with E-state index in [-0.39, 0.29) is 17.9 Å². The maximum Gasteiger partial charge on any atom is 0.0386 e. The second-order valence-electron chi connectivity index (χ2n) is 3.06. The quantitative estimate of drug-likeness (QED) is 0.570. The number of hydrogen-bond donors (Lipinski definition) is 1. The Hall–Kier alpha value is 0.560. The number of hydrazine groups is 1. The summed E-state index contributed by atoms with van der Waals surface area (Å²) in [6, 6.07) is 0. The highest BCUT2D eigenvalue weighted by molar-refractivity contribution is 7.99. The van der Waals surface area contributed by atoms with Crippen LogP contribution >= 0.6 is 24.2 Å². The molecule has 1 aliphatic rings. The fraction of sp³-hybridized carbons (Fsp3) is 1.00. The largest absolute Gasteiger partial charge is 0.268 e. The van der Waals surface area contributed by atoms with Gasteiger partial charge in [-0.05, 0) is 13.8 Å². The van der Waals surface area contributed by atoms with E-state index in [2.05, 4.69) is 13.8 Å². The summed E-state index contributed by atoms with van der Waals surface area (Å²) < 4.78 is 0. The number of halogens is 1. The van der Waals surface area contributed by atoms with E-state index in [0.29, 0.717) is 0 Å². The number of thioether (sulfide) groups is 1. The second kappa shape index (κ2) is 3.81. The van der Waals surface area contributed by atoms with Crippen LogP contribution in [0, 0.1) is 0 Å². The molecule has 0 saturated carbocycles. The van der Waals surface area contributed by atoms with E-state index in [1.807, 2.05) is 16.8 Å². The lowest BCUT2D eigenvalue weighted by atomic mass is 10.1. The van der Waals surface area contributed by atoms with E-state index in [1.54, 1.807) is 0 Å². The fourth-order valence-corrected chi connectivity index (χ4v) is 2.01. The Morgan fingerprint density at radius 1 is 1.50 bits per heavy atom. The number of hydrogen-bond acceptors (Lipinski definition) is 3. The maximum absolute atomic E-state index is 5.73. The van der Waals surface area contributed by atoms with Crippen molar-refractivity contribution < 1.29 is 0 Å². The average Bonchev–Trinajstić information content (AvgIpc) is 1.77. The van der Waals surface area contributed by atoms with Crippen molar-refractivity contribution in [2.45, 2.75) is 19.4 Å². The van der Waals surface area contributed by atoms with Crippen LogP contribution in [0.3, 0.4) is 0 Å². The zero-order valence-corrected chi connectivity index (χ0v) is 8.10. The van der Waals surface area contributed by atoms with Gasteiger partial charge in [0.2, 0.25) is 0 Å². The molecule has 2 nitrogen and oxygen atoms in total. The molecule has 1 saturated heterocycles. The second-order valence-corrected chi connectivity index (χ2v) is 4.16. The minimum Gasteiger partial charge on any atom is -0.268 e. The molecule has 4 heteroatoms. The van der Waals surface area contributed by atoms with E-state index in [9.17, 15) is 0 Å². The van der Waals surface area contributed by atoms with Crippen molar-refractivity contribution in [2.24, 2.45) is 5.84 Å². The molecule has 0 unspecified atom stereocenters. The molecule has 0 bridgehead atoms. The summed E-state index contributed by atoms with van der Waals surface area (Å²) in [5.41, 5.74) is 0.211. The smallest absolute Gasteiger partial charge is 0.0386 e. The van der Waals surface area contributed by atoms with Gasteiger partial charge in [-0.1, -0.05) is 0 Å². The lowest BCUT2D eigenvalue weighted by molar-refractivity contribution is 0.147. The van der Waals surface area contributed by atoms with Crippen LogP contribution in [0.1, 0.15) is 13.8 Å². The monoisotopic (exact) mass is 182 g/mol. The Labute approximate surface area is 72.9 Å². The SMILES string of the molecule is CC1(C)CSCCN1N.Cl. The summed E-state index contributed by atoms with van der Waals surface area (Å²) >= 11 is 1.98. The Bertz CT molecular complexity index is 108. The van der Waals surface area contributed by atoms with Crippen LogP contribution in [-0.2, 0) is 0 Å². The summed E-state index contributed by atoms with van der Waals surface area (Å²) in [5.74, 6) is 8.07. The molecule has 0 spiro atoms. The van der Waals surface area contributed by atoms with Gasteiger partial charge in [0, 0.05) is 23.6 Å². The molecule has 0 aliphatic carbocycles. The van der Waals surface area contributed by atoms with Crippen molar-refractivity contribution in [3.8, 4) is 0 Å². The van der Waals surface area contributed by atoms with E-state index in [0.717, 1.165) is 12.3 Å². The summed E-state index contributed by atoms with van der Waals surface area (Å²) in [5, 5.41) is 1.93. The highest BCUT2D eigenvalue weighted by atomic mass is 35.5. The van der Waals surface area contributed by atoms with Crippen molar-refractivity contribution in [2.75, 3.05) is 18.1 Å². The fourth-order valence-electron chi connectivity index (χ4n) is 0.870. The summed E-state index contributed by atoms with van der Waals surface area (Å²) in [6.45, 7) is 5.38. The summed E-state index contributed by atoms with van der Waals surface area (Å²) in [4.78, 5) is 0. The van der Waals surface area contributed by atoms with Crippen molar-refractivity contribution in [1.82, 2.24) is 5.01 Å². The van der Waals surface area contributed by atoms with Gasteiger partial charge in [-0.2, -0.15) is 11.8 Å². The minimum atomic E-state index is 0. The first-order chi connectivity index (χ1) is 4.13. The Kier molecular flexibility index (Phi) is 4.02. The normalized spacial score (nSPS) is 25.5. The lowest BCUT2D eigenvalue weighted by Crippen LogP contribution is -2.54. The predicted molar refractivity (Wildman–Crippen MR) is 49.5 cm³/mol. The van der Waals surface area contributed by atoms with Gasteiger partial charge in [0.25, 0.3) is 0 Å². The molecule has 0 aromatic rings. The number of nitrogens with two attached hydrogens (primary N) is 1. The predicted octanol–water partition coefficient (Wildman–Crippen LogP) is 1.11. The van der Waals surface area contributed by atoms with Gasteiger partial charge in [-0.3, -0.25) is 5.84 Å². The van der Waals surface area contributed by atoms with Gasteiger partial charge in [-0.15, -0.1) is 12.4 Å². The minimum absolute atomic E-state index is 0. The highest BCUT2D eigenvalue weighted by Crippen LogP contribution is 2.22. The molecular weight excluding hydrogens is 168 g/mol. The van der Waals surface area contributed by atoms with E-state index < -0.39 is 0 Å². The van der Waals surface area contributed by atoms with E-state index in [4.69, 9.17) is 5.84 Å². The summed E-state index contributed by atoms with van der Waals surface area (Å²) in [7, 11) is 0. The zero-order chi connectivity index (χ0) is 6.91. The van der Waals surface area contributed by atoms with Crippen molar-refractivity contribution in [3.05, 3.63) is 0 Å². The van der Waals surface area contributed by atoms with Crippen LogP contribution in [0.4, 0.5) is 0 Å². The Morgan fingerprint density at radius 2 is 2.10 bits per heavy atom. The van der Waals surface area contributed by atoms with Gasteiger partial charge < -0.3 is 0 Å². The van der Waals surface area contributed by atoms with Crippen LogP contribution < -0.4 is 5.84 Å². The molecule has 0 aromatic heterocycles. The van der Waals surface area contributed by atoms with Gasteiger partial charge in [-0.25, -0.2) is 5.01 Å². The molecule has 0 radical (unpaired) electrons. The van der Waals surface area contributed by atoms with Gasteiger partial charge >= 0.3 is 0 Å². The molecule has 1 aliphatic heterocycles. The van der Waals surface area contributed by atoms with Crippen LogP contribution in [0.15, 0.2) is 0 Å². The molecule has 1 rings (SSSR count). The lowest BCUT2D eigenvalue weighted by Gasteiger charge is -2.38. The van der Waals surface area contributed by atoms with Crippen molar-refractivity contribution >= 4 is 24.2 Å². The Balaban J connectivity index is 0.000000810. The van der Waals surface area contributed by atoms with Gasteiger partial charge in [0.1, 0.15) is 0 Å². The molecule has 1 heterocycles. The first kappa shape index (κ1) is 10.6. The third kappa shape index (κ3) is 2.31. The molecule has 0 amide bonds. The summed E-state index contributed by atoms with van der Waals surface area (Å²) in [6.07, 6.45) is 0. The van der Waals surface area contributed by atoms with Crippen LogP contribution in [-0.4, -0.2) is 28.6 Å². The standard InChI is InChI=1S/C6H14N2S.ClH/c1-6(2)5-9-4-3-8(6)7;/h3-5,7H2,1-2H3;1H. The van der Waals surface area contributed by atoms with Crippen molar-refractivity contribution in [1.29, 1.82) is 0 Å². The molecular formula is C6H15ClN2S. The van der Waals surface area contributed by atoms with Crippen LogP contribution in [0.2, 0.25) is 0 Å². The molecule has 62 valence electrons. The molecule has 2 N–H and O–H groups in total. The Morgan fingerprint density at radius 3 is 2.40 bits per heavy atom. The van der Waals surface area contributed by atoms with Gasteiger partial charge in [0.05, 0.1) is 0 Å². The average molecular weight is 183 g/mol. The molecule has 0 atom stereocenters. The van der Waals surface area contributed by atoms with Crippen LogP contribution in [0.5, 0.6) is 0 Å². The topological polar surface area (TPSA) is 29.3 Å². The molecule has 10 heavy (non-hydrogen) atoms. The number of nitrogens with zero attached hydrogens (tertiary/aromatic N) is 1. The van der Waals surface area contributed by atoms with Crippen LogP contribution in [0.25, 0.3) is 0 Å². The third-order valence-corrected chi connectivity index (χ3v) is 3.09. The van der Waals surface area contributed by atoms with Gasteiger partial charge in [0.15, 0.2) is 0 Å². The third-order valence-electron chi connectivity index (χ3n) is 1.71. The molecule has 0 aromatic carbocycles. The zero-order valence-electron chi connectivity index (χ0n) is 6.46. The van der Waals surface area contributed by atoms with E-state index in [1.165, 1.54) is 5.75 Å². The first-order valence-corrected chi connectivity index (χ1v) is 4.38. The number of rotatable bonds is 0. The first-order valence-electron chi connectivity index (χ1n) is 3.23. The van der Waals surface area contributed by atoms with E-state index >= 15 is 0 Å². The van der Waals surface area contributed by atoms with Crippen molar-refractivity contribution in [3.63, 3.8) is 0 Å².